The van der Waals surface area contributed by atoms with Gasteiger partial charge in [-0.1, -0.05) is 0 Å². The van der Waals surface area contributed by atoms with E-state index in [9.17, 15) is 26.3 Å². The molecule has 4 atom stereocenters. The first-order valence-electron chi connectivity index (χ1n) is 19.0. The van der Waals surface area contributed by atoms with E-state index in [2.05, 4.69) is 61.7 Å². The topological polar surface area (TPSA) is 90.9 Å². The Morgan fingerprint density at radius 2 is 1.15 bits per heavy atom. The van der Waals surface area contributed by atoms with Crippen LogP contribution in [0.25, 0.3) is 40.9 Å². The summed E-state index contributed by atoms with van der Waals surface area (Å²) in [5.41, 5.74) is 2.29. The van der Waals surface area contributed by atoms with Gasteiger partial charge in [-0.15, -0.1) is 45.3 Å². The number of fused-ring (bicyclic) bond motifs is 4. The van der Waals surface area contributed by atoms with Gasteiger partial charge in [-0.05, 0) is 83.9 Å². The zero-order valence-corrected chi connectivity index (χ0v) is 35.1. The zero-order valence-electron chi connectivity index (χ0n) is 31.8. The van der Waals surface area contributed by atoms with E-state index in [4.69, 9.17) is 0 Å². The molecule has 0 spiro atoms. The Bertz CT molecular complexity index is 2860. The van der Waals surface area contributed by atoms with E-state index in [1.54, 1.807) is 0 Å². The number of pyridine rings is 2. The number of anilines is 4. The number of thiophene rings is 2. The van der Waals surface area contributed by atoms with E-state index in [-0.39, 0.29) is 22.4 Å². The van der Waals surface area contributed by atoms with Gasteiger partial charge in [-0.25, -0.2) is 46.3 Å². The maximum absolute atomic E-state index is 14.9. The molecule has 2 aliphatic rings. The van der Waals surface area contributed by atoms with E-state index in [1.807, 2.05) is 12.1 Å². The van der Waals surface area contributed by atoms with E-state index < -0.39 is 46.3 Å². The molecule has 2 saturated heterocycles. The number of rotatable bonds is 6. The fourth-order valence-electron chi connectivity index (χ4n) is 8.06. The van der Waals surface area contributed by atoms with Crippen LogP contribution in [0.3, 0.4) is 0 Å². The average molecular weight is 883 g/mol. The molecule has 8 heterocycles. The standard InChI is InChI=1S/C21H19F3N4S2.C20H17F3N4S2/c1-10-11(4-3-5-28(10)2)15-6-12-18(14(23)8-25-21(12)30-15)27-19-13(22)7-16-20(17(19)24)26-9-29-16;1-9-10(3-2-4-24-9)14-5-11-17(13(22)7-25-20(11)29-14)27-18-12(21)6-15-19(16(18)23)26-8-28-15/h6-11H,3-5H2,1-2H3,(H,25,27);5-10,24H,2-4H2,1H3,(H,25,27). The van der Waals surface area contributed by atoms with E-state index >= 15 is 0 Å². The fraction of sp³-hybridized carbons (Fsp3) is 0.317. The number of likely N-dealkylation sites (tertiary alicyclic amines) is 1. The second-order valence-electron chi connectivity index (χ2n) is 14.9. The van der Waals surface area contributed by atoms with Crippen LogP contribution in [0.15, 0.2) is 47.7 Å². The minimum absolute atomic E-state index is 0.0290. The fourth-order valence-corrected chi connectivity index (χ4v) is 11.9. The minimum Gasteiger partial charge on any atom is -0.348 e. The summed E-state index contributed by atoms with van der Waals surface area (Å²) < 4.78 is 89.1. The summed E-state index contributed by atoms with van der Waals surface area (Å²) in [6, 6.07) is 6.89. The second-order valence-corrected chi connectivity index (χ2v) is 18.8. The van der Waals surface area contributed by atoms with Crippen LogP contribution in [0.2, 0.25) is 0 Å². The van der Waals surface area contributed by atoms with Gasteiger partial charge in [0.2, 0.25) is 0 Å². The molecule has 8 nitrogen and oxygen atoms in total. The molecule has 0 aliphatic carbocycles. The van der Waals surface area contributed by atoms with Crippen molar-refractivity contribution >= 4 is 109 Å². The second kappa shape index (κ2) is 16.2. The lowest BCUT2D eigenvalue weighted by atomic mass is 9.89. The predicted molar refractivity (Wildman–Crippen MR) is 228 cm³/mol. The van der Waals surface area contributed by atoms with Crippen molar-refractivity contribution in [2.24, 2.45) is 0 Å². The van der Waals surface area contributed by atoms with E-state index in [0.29, 0.717) is 53.8 Å². The maximum Gasteiger partial charge on any atom is 0.176 e. The zero-order chi connectivity index (χ0) is 41.1. The number of piperidine rings is 2. The summed E-state index contributed by atoms with van der Waals surface area (Å²) >= 11 is 5.31. The van der Waals surface area contributed by atoms with Crippen LogP contribution in [0.5, 0.6) is 0 Å². The first-order chi connectivity index (χ1) is 28.5. The van der Waals surface area contributed by atoms with Gasteiger partial charge in [0.05, 0.1) is 44.2 Å². The molecule has 0 radical (unpaired) electrons. The number of halogens is 6. The number of benzene rings is 2. The summed E-state index contributed by atoms with van der Waals surface area (Å²) in [5, 5.41) is 9.84. The van der Waals surface area contributed by atoms with Crippen molar-refractivity contribution < 1.29 is 26.3 Å². The quantitative estimate of drug-likeness (QED) is 0.142. The molecule has 2 aromatic carbocycles. The number of hydrogen-bond donors (Lipinski definition) is 3. The highest BCUT2D eigenvalue weighted by Crippen LogP contribution is 2.43. The highest BCUT2D eigenvalue weighted by atomic mass is 32.1. The molecular formula is C41H36F6N8S4. The Hall–Kier alpha value is -4.46. The van der Waals surface area contributed by atoms with Crippen molar-refractivity contribution in [1.29, 1.82) is 0 Å². The summed E-state index contributed by atoms with van der Waals surface area (Å²) in [4.78, 5) is 22.1. The minimum atomic E-state index is -0.828. The number of nitrogens with zero attached hydrogens (tertiary/aromatic N) is 5. The third-order valence-corrected chi connectivity index (χ3v) is 15.3. The van der Waals surface area contributed by atoms with Crippen molar-refractivity contribution in [2.75, 3.05) is 30.8 Å². The third kappa shape index (κ3) is 7.41. The molecule has 0 amide bonds. The van der Waals surface area contributed by atoms with Crippen LogP contribution in [0, 0.1) is 34.9 Å². The van der Waals surface area contributed by atoms with Crippen LogP contribution in [-0.4, -0.2) is 57.1 Å². The van der Waals surface area contributed by atoms with Crippen molar-refractivity contribution in [2.45, 2.75) is 63.5 Å². The number of likely N-dealkylation sites (N-methyl/N-ethyl adjacent to an activating group) is 1. The summed E-state index contributed by atoms with van der Waals surface area (Å²) in [6.45, 7) is 6.37. The molecule has 0 bridgehead atoms. The Kier molecular flexibility index (Phi) is 11.0. The lowest BCUT2D eigenvalue weighted by Crippen LogP contribution is -2.38. The first-order valence-corrected chi connectivity index (χ1v) is 22.4. The van der Waals surface area contributed by atoms with Crippen molar-refractivity contribution in [3.8, 4) is 0 Å². The smallest absolute Gasteiger partial charge is 0.176 e. The highest BCUT2D eigenvalue weighted by molar-refractivity contribution is 7.19. The Morgan fingerprint density at radius 3 is 1.68 bits per heavy atom. The number of hydrogen-bond acceptors (Lipinski definition) is 12. The number of nitrogens with one attached hydrogen (secondary N) is 3. The normalized spacial score (nSPS) is 20.1. The van der Waals surface area contributed by atoms with Gasteiger partial charge in [0, 0.05) is 44.4 Å². The summed E-state index contributed by atoms with van der Waals surface area (Å²) in [6.07, 6.45) is 6.43. The van der Waals surface area contributed by atoms with E-state index in [0.717, 1.165) is 83.6 Å². The van der Waals surface area contributed by atoms with Gasteiger partial charge in [0.1, 0.15) is 32.1 Å². The predicted octanol–water partition coefficient (Wildman–Crippen LogP) is 12.2. The Labute approximate surface area is 350 Å². The Morgan fingerprint density at radius 1 is 0.644 bits per heavy atom. The third-order valence-electron chi connectivity index (χ3n) is 11.4. The lowest BCUT2D eigenvalue weighted by Gasteiger charge is -2.36. The molecule has 2 aliphatic heterocycles. The number of aromatic nitrogens is 4. The van der Waals surface area contributed by atoms with Crippen molar-refractivity contribution in [3.05, 3.63) is 92.3 Å². The van der Waals surface area contributed by atoms with Crippen LogP contribution in [0.4, 0.5) is 49.1 Å². The Balaban J connectivity index is 0.000000152. The van der Waals surface area contributed by atoms with E-state index in [1.165, 1.54) is 45.8 Å². The molecule has 0 saturated carbocycles. The van der Waals surface area contributed by atoms with Gasteiger partial charge in [0.15, 0.2) is 34.9 Å². The average Bonchev–Trinajstić information content (AvgIpc) is 4.05. The van der Waals surface area contributed by atoms with Crippen LogP contribution in [0.1, 0.15) is 61.1 Å². The molecule has 6 aromatic heterocycles. The van der Waals surface area contributed by atoms with Crippen LogP contribution < -0.4 is 16.0 Å². The monoisotopic (exact) mass is 882 g/mol. The first kappa shape index (κ1) is 40.0. The van der Waals surface area contributed by atoms with Gasteiger partial charge in [-0.3, -0.25) is 0 Å². The lowest BCUT2D eigenvalue weighted by molar-refractivity contribution is 0.176. The molecule has 59 heavy (non-hydrogen) atoms. The summed E-state index contributed by atoms with van der Waals surface area (Å²) in [5.74, 6) is -3.92. The summed E-state index contributed by atoms with van der Waals surface area (Å²) in [7, 11) is 2.11. The van der Waals surface area contributed by atoms with Crippen LogP contribution >= 0.6 is 45.3 Å². The van der Waals surface area contributed by atoms with Crippen molar-refractivity contribution in [1.82, 2.24) is 30.2 Å². The highest BCUT2D eigenvalue weighted by Gasteiger charge is 2.30. The van der Waals surface area contributed by atoms with Crippen molar-refractivity contribution in [3.63, 3.8) is 0 Å². The van der Waals surface area contributed by atoms with Gasteiger partial charge in [0.25, 0.3) is 0 Å². The largest absolute Gasteiger partial charge is 0.348 e. The molecule has 2 fully saturated rings. The van der Waals surface area contributed by atoms with Gasteiger partial charge < -0.3 is 20.9 Å². The molecule has 18 heteroatoms. The molecule has 8 aromatic rings. The molecular weight excluding hydrogens is 847 g/mol. The molecule has 4 unspecified atom stereocenters. The number of thiazole rings is 2. The SMILES string of the molecule is CC1C(c2cc3c(Nc4c(F)cc5scnc5c4F)c(F)cnc3s2)CCCN1C.CC1NCCCC1c1cc2c(Nc3c(F)cc4scnc4c3F)c(F)cnc2s1. The molecule has 10 rings (SSSR count). The van der Waals surface area contributed by atoms with Gasteiger partial charge >= 0.3 is 0 Å². The molecule has 306 valence electrons. The molecule has 3 N–H and O–H groups in total. The van der Waals surface area contributed by atoms with Gasteiger partial charge in [-0.2, -0.15) is 0 Å². The maximum atomic E-state index is 14.9. The van der Waals surface area contributed by atoms with Crippen LogP contribution in [-0.2, 0) is 0 Å².